The molecule has 0 aliphatic rings. The highest BCUT2D eigenvalue weighted by Gasteiger charge is 2.06. The molecule has 5 heteroatoms. The number of hydrogen-bond donors (Lipinski definition) is 1. The monoisotopic (exact) mass is 198 g/mol. The maximum atomic E-state index is 11.0. The van der Waals surface area contributed by atoms with E-state index >= 15 is 0 Å². The zero-order valence-corrected chi connectivity index (χ0v) is 8.21. The molecule has 0 aliphatic heterocycles. The molecule has 78 valence electrons. The van der Waals surface area contributed by atoms with Crippen molar-refractivity contribution in [3.63, 3.8) is 0 Å². The average Bonchev–Trinajstić information content (AvgIpc) is 2.16. The smallest absolute Gasteiger partial charge is 0.306 e. The summed E-state index contributed by atoms with van der Waals surface area (Å²) in [5.41, 5.74) is 0. The number of esters is 1. The predicted octanol–water partition coefficient (Wildman–Crippen LogP) is 0.360. The van der Waals surface area contributed by atoms with Gasteiger partial charge in [-0.05, 0) is 6.92 Å². The number of nitriles is 1. The number of carbonyl (C=O) groups excluding carboxylic acids is 2. The highest BCUT2D eigenvalue weighted by molar-refractivity contribution is 5.81. The van der Waals surface area contributed by atoms with E-state index in [0.717, 1.165) is 0 Å². The van der Waals surface area contributed by atoms with Gasteiger partial charge < -0.3 is 10.1 Å². The van der Waals surface area contributed by atoms with E-state index in [-0.39, 0.29) is 31.1 Å². The first kappa shape index (κ1) is 12.4. The highest BCUT2D eigenvalue weighted by atomic mass is 16.5. The van der Waals surface area contributed by atoms with E-state index in [0.29, 0.717) is 13.2 Å². The zero-order chi connectivity index (χ0) is 10.8. The lowest BCUT2D eigenvalue weighted by atomic mass is 10.3. The zero-order valence-electron chi connectivity index (χ0n) is 8.21. The highest BCUT2D eigenvalue weighted by Crippen LogP contribution is 1.92. The van der Waals surface area contributed by atoms with Crippen LogP contribution in [0.3, 0.4) is 0 Å². The summed E-state index contributed by atoms with van der Waals surface area (Å²) in [6.07, 6.45) is 0.488. The molecule has 0 spiro atoms. The molecule has 0 aromatic heterocycles. The number of amides is 1. The van der Waals surface area contributed by atoms with Crippen molar-refractivity contribution in [2.24, 2.45) is 0 Å². The van der Waals surface area contributed by atoms with Crippen LogP contribution in [0.2, 0.25) is 0 Å². The fourth-order valence-corrected chi connectivity index (χ4v) is 0.795. The van der Waals surface area contributed by atoms with Crippen molar-refractivity contribution in [1.29, 1.82) is 5.26 Å². The van der Waals surface area contributed by atoms with E-state index in [4.69, 9.17) is 5.26 Å². The topological polar surface area (TPSA) is 79.2 Å². The fraction of sp³-hybridized carbons (Fsp3) is 0.667. The lowest BCUT2D eigenvalue weighted by Crippen LogP contribution is -2.24. The molecular formula is C9H14N2O3. The molecule has 0 fully saturated rings. The second-order valence-corrected chi connectivity index (χ2v) is 2.56. The largest absolute Gasteiger partial charge is 0.466 e. The van der Waals surface area contributed by atoms with Gasteiger partial charge in [0.1, 0.15) is 0 Å². The summed E-state index contributed by atoms with van der Waals surface area (Å²) < 4.78 is 4.65. The Kier molecular flexibility index (Phi) is 7.15. The van der Waals surface area contributed by atoms with Crippen molar-refractivity contribution in [3.8, 4) is 6.07 Å². The molecule has 1 amide bonds. The van der Waals surface area contributed by atoms with E-state index in [9.17, 15) is 9.59 Å². The van der Waals surface area contributed by atoms with Gasteiger partial charge in [0, 0.05) is 13.0 Å². The third kappa shape index (κ3) is 7.10. The van der Waals surface area contributed by atoms with Crippen molar-refractivity contribution in [2.75, 3.05) is 13.2 Å². The summed E-state index contributed by atoms with van der Waals surface area (Å²) >= 11 is 0. The molecule has 0 aliphatic carbocycles. The number of nitrogens with zero attached hydrogens (tertiary/aromatic N) is 1. The van der Waals surface area contributed by atoms with Crippen molar-refractivity contribution >= 4 is 11.9 Å². The third-order valence-electron chi connectivity index (χ3n) is 1.42. The SMILES string of the molecule is CCOC(=O)CCC(=O)NCCC#N. The van der Waals surface area contributed by atoms with Crippen molar-refractivity contribution < 1.29 is 14.3 Å². The minimum atomic E-state index is -0.372. The number of nitrogens with one attached hydrogen (secondary N) is 1. The molecule has 0 aromatic carbocycles. The van der Waals surface area contributed by atoms with Crippen molar-refractivity contribution in [1.82, 2.24) is 5.32 Å². The van der Waals surface area contributed by atoms with Gasteiger partial charge in [0.25, 0.3) is 0 Å². The van der Waals surface area contributed by atoms with Gasteiger partial charge >= 0.3 is 5.97 Å². The number of rotatable bonds is 6. The molecule has 1 N–H and O–H groups in total. The predicted molar refractivity (Wildman–Crippen MR) is 49.1 cm³/mol. The van der Waals surface area contributed by atoms with E-state index in [2.05, 4.69) is 10.1 Å². The molecule has 5 nitrogen and oxygen atoms in total. The van der Waals surface area contributed by atoms with Crippen LogP contribution in [0.5, 0.6) is 0 Å². The molecule has 0 heterocycles. The Bertz CT molecular complexity index is 233. The maximum absolute atomic E-state index is 11.0. The molecule has 14 heavy (non-hydrogen) atoms. The molecule has 0 atom stereocenters. The van der Waals surface area contributed by atoms with Crippen LogP contribution in [0, 0.1) is 11.3 Å². The van der Waals surface area contributed by atoms with E-state index in [1.54, 1.807) is 6.92 Å². The van der Waals surface area contributed by atoms with Crippen molar-refractivity contribution in [2.45, 2.75) is 26.2 Å². The van der Waals surface area contributed by atoms with Crippen LogP contribution >= 0.6 is 0 Å². The molecule has 0 radical (unpaired) electrons. The second kappa shape index (κ2) is 8.05. The van der Waals surface area contributed by atoms with Crippen molar-refractivity contribution in [3.05, 3.63) is 0 Å². The standard InChI is InChI=1S/C9H14N2O3/c1-2-14-9(13)5-4-8(12)11-7-3-6-10/h2-5,7H2,1H3,(H,11,12). The number of ether oxygens (including phenoxy) is 1. The van der Waals surface area contributed by atoms with Gasteiger partial charge in [0.05, 0.1) is 25.5 Å². The van der Waals surface area contributed by atoms with Crippen LogP contribution in [0.1, 0.15) is 26.2 Å². The Hall–Kier alpha value is -1.57. The third-order valence-corrected chi connectivity index (χ3v) is 1.42. The molecule has 0 saturated carbocycles. The second-order valence-electron chi connectivity index (χ2n) is 2.56. The Labute approximate surface area is 83.0 Å². The Morgan fingerprint density at radius 1 is 1.43 bits per heavy atom. The van der Waals surface area contributed by atoms with E-state index in [1.807, 2.05) is 6.07 Å². The summed E-state index contributed by atoms with van der Waals surface area (Å²) in [5.74, 6) is -0.601. The summed E-state index contributed by atoms with van der Waals surface area (Å²) in [7, 11) is 0. The average molecular weight is 198 g/mol. The minimum absolute atomic E-state index is 0.0895. The van der Waals surface area contributed by atoms with Crippen LogP contribution in [-0.4, -0.2) is 25.0 Å². The number of hydrogen-bond acceptors (Lipinski definition) is 4. The summed E-state index contributed by atoms with van der Waals surface area (Å²) in [4.78, 5) is 21.8. The molecule has 0 saturated heterocycles. The minimum Gasteiger partial charge on any atom is -0.466 e. The van der Waals surface area contributed by atoms with Gasteiger partial charge in [0.2, 0.25) is 5.91 Å². The molecule has 0 rings (SSSR count). The quantitative estimate of drug-likeness (QED) is 0.493. The molecule has 0 bridgehead atoms. The normalized spacial score (nSPS) is 8.86. The van der Waals surface area contributed by atoms with Gasteiger partial charge in [-0.15, -0.1) is 0 Å². The van der Waals surface area contributed by atoms with Crippen LogP contribution in [-0.2, 0) is 14.3 Å². The molecule has 0 aromatic rings. The van der Waals surface area contributed by atoms with Crippen LogP contribution in [0.4, 0.5) is 0 Å². The maximum Gasteiger partial charge on any atom is 0.306 e. The Balaban J connectivity index is 3.44. The summed E-state index contributed by atoms with van der Waals surface area (Å²) in [6, 6.07) is 1.90. The van der Waals surface area contributed by atoms with Gasteiger partial charge in [-0.1, -0.05) is 0 Å². The Morgan fingerprint density at radius 3 is 2.71 bits per heavy atom. The molecular weight excluding hydrogens is 184 g/mol. The van der Waals surface area contributed by atoms with Gasteiger partial charge in [0.15, 0.2) is 0 Å². The van der Waals surface area contributed by atoms with Crippen LogP contribution in [0.15, 0.2) is 0 Å². The lowest BCUT2D eigenvalue weighted by molar-refractivity contribution is -0.144. The van der Waals surface area contributed by atoms with Crippen LogP contribution in [0.25, 0.3) is 0 Å². The summed E-state index contributed by atoms with van der Waals surface area (Å²) in [6.45, 7) is 2.37. The first-order valence-corrected chi connectivity index (χ1v) is 4.50. The first-order valence-electron chi connectivity index (χ1n) is 4.50. The van der Waals surface area contributed by atoms with Gasteiger partial charge in [-0.3, -0.25) is 9.59 Å². The first-order chi connectivity index (χ1) is 6.70. The van der Waals surface area contributed by atoms with E-state index < -0.39 is 0 Å². The van der Waals surface area contributed by atoms with Crippen LogP contribution < -0.4 is 5.32 Å². The summed E-state index contributed by atoms with van der Waals surface area (Å²) in [5, 5.41) is 10.7. The van der Waals surface area contributed by atoms with Gasteiger partial charge in [-0.25, -0.2) is 0 Å². The Morgan fingerprint density at radius 2 is 2.14 bits per heavy atom. The van der Waals surface area contributed by atoms with Gasteiger partial charge in [-0.2, -0.15) is 5.26 Å². The number of carbonyl (C=O) groups is 2. The van der Waals surface area contributed by atoms with E-state index in [1.165, 1.54) is 0 Å². The lowest BCUT2D eigenvalue weighted by Gasteiger charge is -2.02. The fourth-order valence-electron chi connectivity index (χ4n) is 0.795. The molecule has 0 unspecified atom stereocenters.